The van der Waals surface area contributed by atoms with E-state index in [9.17, 15) is 16.8 Å². The van der Waals surface area contributed by atoms with Crippen molar-refractivity contribution >= 4 is 54.4 Å². The van der Waals surface area contributed by atoms with Gasteiger partial charge in [0, 0.05) is 0 Å². The molecule has 50 heavy (non-hydrogen) atoms. The minimum Gasteiger partial charge on any atom is -0.377 e. The normalized spacial score (nSPS) is 12.1. The van der Waals surface area contributed by atoms with Crippen LogP contribution in [0.25, 0.3) is 0 Å². The largest absolute Gasteiger partial charge is 0.377 e. The molecule has 0 atom stereocenters. The van der Waals surface area contributed by atoms with Gasteiger partial charge in [0.05, 0.1) is 22.7 Å². The number of para-hydroxylation sites is 2. The summed E-state index contributed by atoms with van der Waals surface area (Å²) in [5.74, 6) is -0.195. The topological polar surface area (TPSA) is 161 Å². The van der Waals surface area contributed by atoms with Crippen molar-refractivity contribution < 1.29 is 25.2 Å². The molecule has 0 unspecified atom stereocenters. The minimum atomic E-state index is -4.28. The van der Waals surface area contributed by atoms with Gasteiger partial charge in [0.25, 0.3) is 0 Å². The highest BCUT2D eigenvalue weighted by molar-refractivity contribution is 7.87. The van der Waals surface area contributed by atoms with Gasteiger partial charge in [-0.25, -0.2) is 0 Å². The number of rotatable bonds is 12. The molecule has 0 aliphatic carbocycles. The maximum atomic E-state index is 13.1. The lowest BCUT2D eigenvalue weighted by atomic mass is 10.3. The summed E-state index contributed by atoms with van der Waals surface area (Å²) in [6.07, 6.45) is 0. The fourth-order valence-electron chi connectivity index (χ4n) is 4.24. The summed E-state index contributed by atoms with van der Waals surface area (Å²) in [5.41, 5.74) is 2.36. The maximum absolute atomic E-state index is 13.1. The Morgan fingerprint density at radius 1 is 0.320 bits per heavy atom. The molecule has 0 heterocycles. The summed E-state index contributed by atoms with van der Waals surface area (Å²) in [4.78, 5) is -0.224. The molecule has 6 aromatic carbocycles. The summed E-state index contributed by atoms with van der Waals surface area (Å²) in [6, 6.07) is 41.9. The highest BCUT2D eigenvalue weighted by Gasteiger charge is 2.20. The molecule has 0 spiro atoms. The summed E-state index contributed by atoms with van der Waals surface area (Å²) < 4.78 is 63.4. The standard InChI is InChI=1S/C36H26N6O6S2/c43-49(44,31-23-19-29(20-24-31)39-37-27-11-3-1-4-12-27)47-35-17-9-7-15-33(35)41-42-34-16-8-10-18-36(34)48-50(45,46)32-25-21-30(22-26-32)40-38-28-13-5-2-6-14-28/h1-26H. The fourth-order valence-corrected chi connectivity index (χ4v) is 6.13. The lowest BCUT2D eigenvalue weighted by molar-refractivity contribution is 0.484. The molecular weight excluding hydrogens is 677 g/mol. The van der Waals surface area contributed by atoms with Crippen LogP contribution in [0.3, 0.4) is 0 Å². The number of hydrogen-bond acceptors (Lipinski definition) is 12. The zero-order chi connectivity index (χ0) is 34.8. The van der Waals surface area contributed by atoms with Crippen LogP contribution in [-0.2, 0) is 20.2 Å². The van der Waals surface area contributed by atoms with E-state index in [1.807, 2.05) is 36.4 Å². The summed E-state index contributed by atoms with van der Waals surface area (Å²) >= 11 is 0. The number of benzene rings is 6. The monoisotopic (exact) mass is 702 g/mol. The first-order valence-electron chi connectivity index (χ1n) is 14.9. The fraction of sp³-hybridized carbons (Fsp3) is 0. The molecular formula is C36H26N6O6S2. The van der Waals surface area contributed by atoms with Crippen molar-refractivity contribution in [2.75, 3.05) is 0 Å². The maximum Gasteiger partial charge on any atom is 0.339 e. The predicted molar refractivity (Wildman–Crippen MR) is 187 cm³/mol. The summed E-state index contributed by atoms with van der Waals surface area (Å²) in [5, 5.41) is 24.8. The highest BCUT2D eigenvalue weighted by Crippen LogP contribution is 2.35. The Labute approximate surface area is 288 Å². The molecule has 14 heteroatoms. The molecule has 0 aromatic heterocycles. The van der Waals surface area contributed by atoms with Gasteiger partial charge in [0.2, 0.25) is 0 Å². The van der Waals surface area contributed by atoms with Gasteiger partial charge in [-0.3, -0.25) is 0 Å². The van der Waals surface area contributed by atoms with Crippen molar-refractivity contribution in [2.24, 2.45) is 30.7 Å². The van der Waals surface area contributed by atoms with Crippen LogP contribution in [0, 0.1) is 0 Å². The van der Waals surface area contributed by atoms with Crippen LogP contribution in [0.4, 0.5) is 34.1 Å². The quantitative estimate of drug-likeness (QED) is 0.0910. The summed E-state index contributed by atoms with van der Waals surface area (Å²) in [6.45, 7) is 0. The number of hydrogen-bond donors (Lipinski definition) is 0. The zero-order valence-electron chi connectivity index (χ0n) is 26.0. The molecule has 0 aliphatic rings. The van der Waals surface area contributed by atoms with Crippen molar-refractivity contribution in [1.82, 2.24) is 0 Å². The third-order valence-corrected chi connectivity index (χ3v) is 9.22. The van der Waals surface area contributed by atoms with Gasteiger partial charge >= 0.3 is 20.2 Å². The number of nitrogens with zero attached hydrogens (tertiary/aromatic N) is 6. The molecule has 0 aliphatic heterocycles. The van der Waals surface area contributed by atoms with Crippen LogP contribution in [0.2, 0.25) is 0 Å². The van der Waals surface area contributed by atoms with Gasteiger partial charge in [-0.1, -0.05) is 60.7 Å². The first kappa shape index (κ1) is 33.5. The van der Waals surface area contributed by atoms with Gasteiger partial charge in [0.1, 0.15) is 21.2 Å². The van der Waals surface area contributed by atoms with Crippen molar-refractivity contribution in [3.05, 3.63) is 158 Å². The molecule has 0 saturated carbocycles. The smallest absolute Gasteiger partial charge is 0.339 e. The molecule has 12 nitrogen and oxygen atoms in total. The second kappa shape index (κ2) is 15.2. The Kier molecular flexibility index (Phi) is 10.2. The lowest BCUT2D eigenvalue weighted by Crippen LogP contribution is -2.09. The molecule has 0 saturated heterocycles. The van der Waals surface area contributed by atoms with Crippen LogP contribution in [0.15, 0.2) is 198 Å². The Balaban J connectivity index is 1.15. The molecule has 6 rings (SSSR count). The van der Waals surface area contributed by atoms with Crippen LogP contribution < -0.4 is 8.37 Å². The SMILES string of the molecule is O=S(=O)(Oc1ccccc1N=Nc1ccccc1OS(=O)(=O)c1ccc(N=Nc2ccccc2)cc1)c1ccc(N=Nc2ccccc2)cc1. The molecule has 0 fully saturated rings. The average molecular weight is 703 g/mol. The van der Waals surface area contributed by atoms with Crippen LogP contribution in [-0.4, -0.2) is 16.8 Å². The van der Waals surface area contributed by atoms with E-state index in [4.69, 9.17) is 8.37 Å². The first-order valence-corrected chi connectivity index (χ1v) is 17.7. The van der Waals surface area contributed by atoms with E-state index in [2.05, 4.69) is 30.7 Å². The van der Waals surface area contributed by atoms with E-state index in [1.165, 1.54) is 72.8 Å². The van der Waals surface area contributed by atoms with Crippen molar-refractivity contribution in [3.63, 3.8) is 0 Å². The molecule has 0 bridgehead atoms. The van der Waals surface area contributed by atoms with Crippen LogP contribution >= 0.6 is 0 Å². The van der Waals surface area contributed by atoms with E-state index in [0.29, 0.717) is 22.7 Å². The second-order valence-electron chi connectivity index (χ2n) is 10.3. The third-order valence-electron chi connectivity index (χ3n) is 6.72. The molecule has 0 N–H and O–H groups in total. The van der Waals surface area contributed by atoms with E-state index in [0.717, 1.165) is 0 Å². The van der Waals surface area contributed by atoms with E-state index >= 15 is 0 Å². The molecule has 0 amide bonds. The molecule has 6 aromatic rings. The summed E-state index contributed by atoms with van der Waals surface area (Å²) in [7, 11) is -8.55. The van der Waals surface area contributed by atoms with E-state index < -0.39 is 20.2 Å². The van der Waals surface area contributed by atoms with Crippen molar-refractivity contribution in [2.45, 2.75) is 9.79 Å². The van der Waals surface area contributed by atoms with Crippen molar-refractivity contribution in [1.29, 1.82) is 0 Å². The third kappa shape index (κ3) is 8.74. The van der Waals surface area contributed by atoms with Gasteiger partial charge in [-0.2, -0.15) is 37.3 Å². The Hall–Kier alpha value is -6.38. The second-order valence-corrected chi connectivity index (χ2v) is 13.4. The van der Waals surface area contributed by atoms with Crippen molar-refractivity contribution in [3.8, 4) is 11.5 Å². The van der Waals surface area contributed by atoms with Gasteiger partial charge in [-0.05, 0) is 97.1 Å². The average Bonchev–Trinajstić information content (AvgIpc) is 3.14. The van der Waals surface area contributed by atoms with Gasteiger partial charge in [-0.15, -0.1) is 10.2 Å². The van der Waals surface area contributed by atoms with Gasteiger partial charge in [0.15, 0.2) is 11.5 Å². The van der Waals surface area contributed by atoms with Gasteiger partial charge < -0.3 is 8.37 Å². The van der Waals surface area contributed by atoms with Crippen LogP contribution in [0.5, 0.6) is 11.5 Å². The predicted octanol–water partition coefficient (Wildman–Crippen LogP) is 10.5. The van der Waals surface area contributed by atoms with E-state index in [1.54, 1.807) is 48.5 Å². The minimum absolute atomic E-state index is 0.0715. The highest BCUT2D eigenvalue weighted by atomic mass is 32.2. The molecule has 248 valence electrons. The Morgan fingerprint density at radius 2 is 0.620 bits per heavy atom. The zero-order valence-corrected chi connectivity index (χ0v) is 27.6. The lowest BCUT2D eigenvalue weighted by Gasteiger charge is -2.10. The Morgan fingerprint density at radius 3 is 0.980 bits per heavy atom. The van der Waals surface area contributed by atoms with E-state index in [-0.39, 0.29) is 32.7 Å². The first-order chi connectivity index (χ1) is 24.2. The molecule has 0 radical (unpaired) electrons. The van der Waals surface area contributed by atoms with Crippen LogP contribution in [0.1, 0.15) is 0 Å². The number of azo groups is 3. The Bertz CT molecular complexity index is 2220.